The molecule has 0 unspecified atom stereocenters. The number of H-pyrrole nitrogens is 3. The van der Waals surface area contributed by atoms with Gasteiger partial charge in [-0.3, -0.25) is 44.6 Å². The van der Waals surface area contributed by atoms with Crippen molar-refractivity contribution in [3.63, 3.8) is 0 Å². The summed E-state index contributed by atoms with van der Waals surface area (Å²) in [5, 5.41) is 13.3. The zero-order valence-corrected chi connectivity index (χ0v) is 37.0. The van der Waals surface area contributed by atoms with Gasteiger partial charge in [0, 0.05) is 40.8 Å². The van der Waals surface area contributed by atoms with Crippen molar-refractivity contribution in [3.05, 3.63) is 194 Å². The number of para-hydroxylation sites is 2. The summed E-state index contributed by atoms with van der Waals surface area (Å²) in [6.07, 6.45) is 4.63. The third-order valence-corrected chi connectivity index (χ3v) is 11.7. The van der Waals surface area contributed by atoms with E-state index >= 15 is 0 Å². The SMILES string of the molecule is [2H]C([2H])([2H])Oc1ccc(-n2[nH]c3c(cnc4ccc(C)cc43)c2=O)cc1.[2H]C([2H])([2H])Oc1cccc(-n2[nH]c3c(cnc4ccc(C)cc43)c2=O)c1.[2H]C([2H])([2H])Oc1ccccc1-n1[nH]c2c(cnc3ccc(C)cc32)c1=O. The summed E-state index contributed by atoms with van der Waals surface area (Å²) in [6, 6.07) is 36.7. The van der Waals surface area contributed by atoms with Crippen molar-refractivity contribution in [2.24, 2.45) is 0 Å². The second kappa shape index (κ2) is 17.9. The molecule has 15 heteroatoms. The van der Waals surface area contributed by atoms with E-state index in [1.807, 2.05) is 75.4 Å². The summed E-state index contributed by atoms with van der Waals surface area (Å²) in [5.41, 5.74) is 8.16. The molecule has 0 aliphatic rings. The van der Waals surface area contributed by atoms with Crippen LogP contribution in [0.5, 0.6) is 17.2 Å². The Morgan fingerprint density at radius 2 is 0.899 bits per heavy atom. The smallest absolute Gasteiger partial charge is 0.280 e. The molecule has 0 saturated heterocycles. The summed E-state index contributed by atoms with van der Waals surface area (Å²) >= 11 is 0. The average molecular weight is 925 g/mol. The van der Waals surface area contributed by atoms with Gasteiger partial charge in [0.15, 0.2) is 0 Å². The van der Waals surface area contributed by atoms with Crippen LogP contribution >= 0.6 is 0 Å². The monoisotopic (exact) mass is 924 g/mol. The summed E-state index contributed by atoms with van der Waals surface area (Å²) < 4.78 is 83.9. The molecule has 0 radical (unpaired) electrons. The quantitative estimate of drug-likeness (QED) is 0.146. The first kappa shape index (κ1) is 34.1. The molecule has 0 aliphatic heterocycles. The highest BCUT2D eigenvalue weighted by Gasteiger charge is 2.16. The fourth-order valence-corrected chi connectivity index (χ4v) is 8.23. The highest BCUT2D eigenvalue weighted by atomic mass is 16.5. The van der Waals surface area contributed by atoms with Crippen LogP contribution in [-0.2, 0) is 0 Å². The molecule has 0 spiro atoms. The van der Waals surface area contributed by atoms with Crippen molar-refractivity contribution in [1.29, 1.82) is 0 Å². The fraction of sp³-hybridized carbons (Fsp3) is 0.111. The number of ether oxygens (including phenoxy) is 3. The number of fused-ring (bicyclic) bond motifs is 9. The molecule has 6 heterocycles. The predicted molar refractivity (Wildman–Crippen MR) is 271 cm³/mol. The minimum atomic E-state index is -2.61. The normalized spacial score (nSPS) is 13.7. The predicted octanol–water partition coefficient (Wildman–Crippen LogP) is 9.55. The molecule has 69 heavy (non-hydrogen) atoms. The summed E-state index contributed by atoms with van der Waals surface area (Å²) in [6.45, 7) is 5.92. The minimum absolute atomic E-state index is 0.0922. The Bertz CT molecular complexity index is 4460. The lowest BCUT2D eigenvalue weighted by Gasteiger charge is -2.07. The van der Waals surface area contributed by atoms with E-state index in [9.17, 15) is 14.4 Å². The molecule has 6 aromatic heterocycles. The number of hydrogen-bond acceptors (Lipinski definition) is 9. The van der Waals surface area contributed by atoms with E-state index in [2.05, 4.69) is 30.2 Å². The first-order valence-electron chi connectivity index (χ1n) is 25.8. The Morgan fingerprint density at radius 3 is 1.42 bits per heavy atom. The van der Waals surface area contributed by atoms with Crippen LogP contribution in [0.1, 0.15) is 29.0 Å². The number of methoxy groups -OCH3 is 3. The van der Waals surface area contributed by atoms with Gasteiger partial charge in [-0.15, -0.1) is 0 Å². The van der Waals surface area contributed by atoms with Crippen molar-refractivity contribution < 1.29 is 26.5 Å². The van der Waals surface area contributed by atoms with Gasteiger partial charge in [0.25, 0.3) is 16.7 Å². The van der Waals surface area contributed by atoms with Gasteiger partial charge in [0.05, 0.1) is 94.1 Å². The summed E-state index contributed by atoms with van der Waals surface area (Å²) in [7, 11) is -7.68. The lowest BCUT2D eigenvalue weighted by Crippen LogP contribution is -2.15. The molecule has 6 aromatic carbocycles. The Morgan fingerprint density at radius 1 is 0.435 bits per heavy atom. The number of aromatic nitrogens is 9. The topological polar surface area (TPSA) is 180 Å². The fourth-order valence-electron chi connectivity index (χ4n) is 8.23. The molecule has 0 atom stereocenters. The number of aryl methyl sites for hydroxylation is 3. The molecule has 0 fully saturated rings. The van der Waals surface area contributed by atoms with Crippen molar-refractivity contribution in [3.8, 4) is 34.3 Å². The standard InChI is InChI=1S/3C18H15N3O2/c1-11-3-8-16-14(9-11)17-15(10-19-16)18(22)21(20-17)12-4-6-13(23-2)7-5-12;1-11-6-7-16-14(8-11)17-15(10-19-16)18(22)21(20-17)12-4-3-5-13(9-12)23-2;1-11-7-8-14-12(9-11)17-13(10-19-14)18(22)21(20-17)15-5-3-4-6-16(15)23-2/h3*3-10,20H,1-2H3/i3*2D3. The first-order valence-corrected chi connectivity index (χ1v) is 21.3. The first-order chi connectivity index (χ1) is 37.0. The van der Waals surface area contributed by atoms with Crippen LogP contribution in [0, 0.1) is 20.8 Å². The van der Waals surface area contributed by atoms with E-state index in [-0.39, 0.29) is 33.9 Å². The number of pyridine rings is 3. The van der Waals surface area contributed by atoms with E-state index in [4.69, 9.17) is 26.5 Å². The zero-order chi connectivity index (χ0) is 55.4. The Hall–Kier alpha value is -9.24. The number of rotatable bonds is 6. The molecular formula is C54H45N9O6. The highest BCUT2D eigenvalue weighted by Crippen LogP contribution is 2.27. The maximum atomic E-state index is 12.9. The number of nitrogens with one attached hydrogen (secondary N) is 3. The molecule has 12 aromatic rings. The van der Waals surface area contributed by atoms with Crippen LogP contribution in [0.2, 0.25) is 0 Å². The van der Waals surface area contributed by atoms with Crippen molar-refractivity contribution in [1.82, 2.24) is 44.3 Å². The largest absolute Gasteiger partial charge is 0.497 e. The zero-order valence-electron chi connectivity index (χ0n) is 46.0. The van der Waals surface area contributed by atoms with Crippen LogP contribution in [0.25, 0.3) is 82.5 Å². The molecule has 3 N–H and O–H groups in total. The van der Waals surface area contributed by atoms with Gasteiger partial charge in [-0.05, 0) is 106 Å². The lowest BCUT2D eigenvalue weighted by atomic mass is 10.1. The van der Waals surface area contributed by atoms with Crippen LogP contribution in [0.3, 0.4) is 0 Å². The van der Waals surface area contributed by atoms with Gasteiger partial charge in [0.1, 0.15) is 22.9 Å². The van der Waals surface area contributed by atoms with Crippen LogP contribution in [-0.4, -0.2) is 65.4 Å². The second-order valence-corrected chi connectivity index (χ2v) is 16.2. The average Bonchev–Trinajstić information content (AvgIpc) is 4.22. The van der Waals surface area contributed by atoms with Gasteiger partial charge in [0.2, 0.25) is 0 Å². The number of hydrogen-bond donors (Lipinski definition) is 3. The Labute approximate surface area is 405 Å². The Balaban J connectivity index is 0.000000132. The molecule has 0 amide bonds. The van der Waals surface area contributed by atoms with Crippen molar-refractivity contribution in [2.75, 3.05) is 21.1 Å². The summed E-state index contributed by atoms with van der Waals surface area (Å²) in [5.74, 6) is 0.460. The minimum Gasteiger partial charge on any atom is -0.497 e. The molecule has 15 nitrogen and oxygen atoms in total. The molecule has 0 saturated carbocycles. The summed E-state index contributed by atoms with van der Waals surface area (Å²) in [4.78, 5) is 51.5. The molecule has 0 aliphatic carbocycles. The van der Waals surface area contributed by atoms with Crippen molar-refractivity contribution >= 4 is 65.4 Å². The highest BCUT2D eigenvalue weighted by molar-refractivity contribution is 6.05. The van der Waals surface area contributed by atoms with Gasteiger partial charge >= 0.3 is 0 Å². The van der Waals surface area contributed by atoms with Gasteiger partial charge in [-0.2, -0.15) is 0 Å². The number of nitrogens with zero attached hydrogens (tertiary/aromatic N) is 6. The third-order valence-electron chi connectivity index (χ3n) is 11.7. The molecule has 12 rings (SSSR count). The van der Waals surface area contributed by atoms with E-state index in [1.54, 1.807) is 54.9 Å². The van der Waals surface area contributed by atoms with Crippen LogP contribution in [0.15, 0.2) is 160 Å². The van der Waals surface area contributed by atoms with E-state index < -0.39 is 21.1 Å². The van der Waals surface area contributed by atoms with Crippen molar-refractivity contribution in [2.45, 2.75) is 20.8 Å². The van der Waals surface area contributed by atoms with Crippen LogP contribution in [0.4, 0.5) is 0 Å². The Kier molecular flexibility index (Phi) is 8.83. The third kappa shape index (κ3) is 8.01. The van der Waals surface area contributed by atoms with E-state index in [1.165, 1.54) is 50.6 Å². The van der Waals surface area contributed by atoms with Crippen LogP contribution < -0.4 is 30.9 Å². The lowest BCUT2D eigenvalue weighted by molar-refractivity contribution is 0.411. The van der Waals surface area contributed by atoms with E-state index in [0.29, 0.717) is 49.8 Å². The maximum Gasteiger partial charge on any atom is 0.280 e. The number of benzene rings is 6. The maximum absolute atomic E-state index is 12.9. The second-order valence-electron chi connectivity index (χ2n) is 16.2. The molecule has 342 valence electrons. The number of aromatic amines is 3. The van der Waals surface area contributed by atoms with Gasteiger partial charge in [-0.25, -0.2) is 14.0 Å². The molecule has 0 bridgehead atoms. The molecular weight excluding hydrogens is 871 g/mol. The van der Waals surface area contributed by atoms with Gasteiger partial charge in [-0.1, -0.05) is 53.1 Å². The van der Waals surface area contributed by atoms with E-state index in [0.717, 1.165) is 49.4 Å². The van der Waals surface area contributed by atoms with Gasteiger partial charge < -0.3 is 14.2 Å².